The van der Waals surface area contributed by atoms with Crippen molar-refractivity contribution in [2.75, 3.05) is 6.61 Å². The van der Waals surface area contributed by atoms with E-state index in [-0.39, 0.29) is 0 Å². The number of unbranched alkanes of at least 4 members (excludes halogenated alkanes) is 4. The molecular weight excluding hydrogens is 404 g/mol. The van der Waals surface area contributed by atoms with Crippen LogP contribution in [0.2, 0.25) is 0 Å². The van der Waals surface area contributed by atoms with Crippen molar-refractivity contribution in [2.45, 2.75) is 90.4 Å². The average Bonchev–Trinajstić information content (AvgIpc) is 2.87. The summed E-state index contributed by atoms with van der Waals surface area (Å²) in [5, 5.41) is 20.0. The Morgan fingerprint density at radius 1 is 0.788 bits per heavy atom. The first kappa shape index (κ1) is 24.9. The summed E-state index contributed by atoms with van der Waals surface area (Å²) in [5.74, 6) is 2.05. The first-order valence-electron chi connectivity index (χ1n) is 12.9. The molecule has 0 radical (unpaired) electrons. The summed E-state index contributed by atoms with van der Waals surface area (Å²) in [6.07, 6.45) is 13.8. The van der Waals surface area contributed by atoms with Gasteiger partial charge in [-0.05, 0) is 67.2 Å². The van der Waals surface area contributed by atoms with Crippen molar-refractivity contribution in [1.29, 1.82) is 10.5 Å². The number of ether oxygens (including phenoxy) is 1. The minimum absolute atomic E-state index is 0.391. The van der Waals surface area contributed by atoms with Gasteiger partial charge in [0.05, 0.1) is 17.7 Å². The second-order valence-electron chi connectivity index (χ2n) is 9.47. The van der Waals surface area contributed by atoms with Crippen LogP contribution in [0.15, 0.2) is 36.4 Å². The predicted molar refractivity (Wildman–Crippen MR) is 135 cm³/mol. The van der Waals surface area contributed by atoms with E-state index in [0.717, 1.165) is 47.6 Å². The fraction of sp³-hybridized carbons (Fsp3) is 0.533. The fourth-order valence-electron chi connectivity index (χ4n) is 5.19. The molecule has 1 aliphatic rings. The smallest absolute Gasteiger partial charge is 0.119 e. The second kappa shape index (κ2) is 13.1. The summed E-state index contributed by atoms with van der Waals surface area (Å²) < 4.78 is 5.68. The molecule has 0 unspecified atom stereocenters. The Balaban J connectivity index is 1.70. The van der Waals surface area contributed by atoms with Gasteiger partial charge in [-0.2, -0.15) is 10.5 Å². The van der Waals surface area contributed by atoms with E-state index in [4.69, 9.17) is 4.74 Å². The van der Waals surface area contributed by atoms with Crippen LogP contribution >= 0.6 is 0 Å². The van der Waals surface area contributed by atoms with Gasteiger partial charge < -0.3 is 4.74 Å². The lowest BCUT2D eigenvalue weighted by Gasteiger charge is -2.29. The van der Waals surface area contributed by atoms with E-state index in [1.54, 1.807) is 0 Å². The molecule has 0 atom stereocenters. The van der Waals surface area contributed by atoms with Crippen LogP contribution in [0.25, 0.3) is 11.1 Å². The number of rotatable bonds is 11. The Hall–Kier alpha value is -2.78. The van der Waals surface area contributed by atoms with Crippen LogP contribution in [-0.2, 0) is 0 Å². The maximum Gasteiger partial charge on any atom is 0.119 e. The molecule has 2 aromatic rings. The van der Waals surface area contributed by atoms with Gasteiger partial charge in [0.2, 0.25) is 0 Å². The highest BCUT2D eigenvalue weighted by molar-refractivity contribution is 5.75. The van der Waals surface area contributed by atoms with Gasteiger partial charge in [-0.1, -0.05) is 76.6 Å². The third-order valence-electron chi connectivity index (χ3n) is 7.10. The summed E-state index contributed by atoms with van der Waals surface area (Å²) in [6, 6.07) is 16.7. The van der Waals surface area contributed by atoms with Gasteiger partial charge in [-0.25, -0.2) is 0 Å². The van der Waals surface area contributed by atoms with Crippen LogP contribution in [0, 0.1) is 28.6 Å². The van der Waals surface area contributed by atoms with Gasteiger partial charge >= 0.3 is 0 Å². The molecule has 3 heteroatoms. The number of nitriles is 2. The third-order valence-corrected chi connectivity index (χ3v) is 7.10. The molecule has 2 aromatic carbocycles. The first-order valence-corrected chi connectivity index (χ1v) is 12.9. The topological polar surface area (TPSA) is 56.8 Å². The zero-order valence-electron chi connectivity index (χ0n) is 20.4. The van der Waals surface area contributed by atoms with E-state index in [1.807, 2.05) is 30.3 Å². The van der Waals surface area contributed by atoms with Gasteiger partial charge in [0, 0.05) is 5.56 Å². The lowest BCUT2D eigenvalue weighted by atomic mass is 9.75. The molecule has 0 aliphatic heterocycles. The lowest BCUT2D eigenvalue weighted by molar-refractivity contribution is 0.301. The van der Waals surface area contributed by atoms with Gasteiger partial charge in [0.25, 0.3) is 0 Å². The molecule has 0 aromatic heterocycles. The van der Waals surface area contributed by atoms with Crippen molar-refractivity contribution in [1.82, 2.24) is 0 Å². The van der Waals surface area contributed by atoms with E-state index in [1.165, 1.54) is 51.4 Å². The molecule has 3 rings (SSSR count). The van der Waals surface area contributed by atoms with Crippen LogP contribution in [0.4, 0.5) is 0 Å². The molecule has 0 saturated heterocycles. The summed E-state index contributed by atoms with van der Waals surface area (Å²) in [5.41, 5.74) is 3.94. The molecule has 1 aliphatic carbocycles. The molecule has 0 N–H and O–H groups in total. The maximum atomic E-state index is 9.99. The Morgan fingerprint density at radius 3 is 2.12 bits per heavy atom. The van der Waals surface area contributed by atoms with E-state index in [2.05, 4.69) is 32.1 Å². The van der Waals surface area contributed by atoms with E-state index >= 15 is 0 Å². The maximum absolute atomic E-state index is 9.99. The molecule has 0 bridgehead atoms. The van der Waals surface area contributed by atoms with Crippen molar-refractivity contribution >= 4 is 0 Å². The predicted octanol–water partition coefficient (Wildman–Crippen LogP) is 8.52. The van der Waals surface area contributed by atoms with Gasteiger partial charge in [-0.3, -0.25) is 0 Å². The SMILES string of the molecule is CCCCCCC[C@H]1CC[C@H](c2ccc(-c3ccc(OCCC)cc3)c(C#N)c2C#N)CC1. The molecule has 0 spiro atoms. The molecule has 3 nitrogen and oxygen atoms in total. The molecule has 1 saturated carbocycles. The van der Waals surface area contributed by atoms with Crippen molar-refractivity contribution in [3.05, 3.63) is 53.1 Å². The van der Waals surface area contributed by atoms with Crippen LogP contribution in [0.5, 0.6) is 5.75 Å². The highest BCUT2D eigenvalue weighted by Gasteiger charge is 2.26. The first-order chi connectivity index (χ1) is 16.2. The summed E-state index contributed by atoms with van der Waals surface area (Å²) in [4.78, 5) is 0. The van der Waals surface area contributed by atoms with Crippen LogP contribution in [0.3, 0.4) is 0 Å². The number of benzene rings is 2. The van der Waals surface area contributed by atoms with Crippen molar-refractivity contribution in [3.63, 3.8) is 0 Å². The fourth-order valence-corrected chi connectivity index (χ4v) is 5.19. The van der Waals surface area contributed by atoms with Crippen molar-refractivity contribution in [2.24, 2.45) is 5.92 Å². The zero-order valence-corrected chi connectivity index (χ0v) is 20.4. The van der Waals surface area contributed by atoms with Crippen LogP contribution < -0.4 is 4.74 Å². The summed E-state index contributed by atoms with van der Waals surface area (Å²) >= 11 is 0. The van der Waals surface area contributed by atoms with E-state index in [0.29, 0.717) is 23.7 Å². The Bertz CT molecular complexity index is 957. The van der Waals surface area contributed by atoms with Gasteiger partial charge in [0.15, 0.2) is 0 Å². The Kier molecular flexibility index (Phi) is 9.83. The molecular formula is C30H38N2O. The highest BCUT2D eigenvalue weighted by Crippen LogP contribution is 2.41. The van der Waals surface area contributed by atoms with Gasteiger partial charge in [0.1, 0.15) is 17.9 Å². The minimum Gasteiger partial charge on any atom is -0.494 e. The average molecular weight is 443 g/mol. The summed E-state index contributed by atoms with van der Waals surface area (Å²) in [6.45, 7) is 5.04. The number of hydrogen-bond acceptors (Lipinski definition) is 3. The molecule has 0 heterocycles. The molecule has 0 amide bonds. The standard InChI is InChI=1S/C30H38N2O/c1-3-5-6-7-8-9-23-10-12-24(13-11-23)27-18-19-28(30(22-32)29(27)21-31)25-14-16-26(17-15-25)33-20-4-2/h14-19,23-24H,3-13,20H2,1-2H3/t23-,24-. The molecule has 1 fully saturated rings. The summed E-state index contributed by atoms with van der Waals surface area (Å²) in [7, 11) is 0. The Morgan fingerprint density at radius 2 is 1.48 bits per heavy atom. The van der Waals surface area contributed by atoms with E-state index < -0.39 is 0 Å². The van der Waals surface area contributed by atoms with Crippen LogP contribution in [0.1, 0.15) is 107 Å². The van der Waals surface area contributed by atoms with E-state index in [9.17, 15) is 10.5 Å². The van der Waals surface area contributed by atoms with Crippen LogP contribution in [-0.4, -0.2) is 6.61 Å². The lowest BCUT2D eigenvalue weighted by Crippen LogP contribution is -2.15. The zero-order chi connectivity index (χ0) is 23.5. The Labute approximate surface area is 200 Å². The normalized spacial score (nSPS) is 17.8. The quantitative estimate of drug-likeness (QED) is 0.328. The van der Waals surface area contributed by atoms with Gasteiger partial charge in [-0.15, -0.1) is 0 Å². The highest BCUT2D eigenvalue weighted by atomic mass is 16.5. The largest absolute Gasteiger partial charge is 0.494 e. The number of hydrogen-bond donors (Lipinski definition) is 0. The minimum atomic E-state index is 0.391. The van der Waals surface area contributed by atoms with Crippen molar-refractivity contribution < 1.29 is 4.74 Å². The number of nitrogens with zero attached hydrogens (tertiary/aromatic N) is 2. The second-order valence-corrected chi connectivity index (χ2v) is 9.47. The van der Waals surface area contributed by atoms with Crippen molar-refractivity contribution in [3.8, 4) is 29.0 Å². The monoisotopic (exact) mass is 442 g/mol. The molecule has 33 heavy (non-hydrogen) atoms. The molecule has 174 valence electrons. The third kappa shape index (κ3) is 6.61.